The van der Waals surface area contributed by atoms with Gasteiger partial charge < -0.3 is 15.5 Å². The standard InChI is InChI=1S/C15H20N2O2/c1-15(2,16)8-7-14(18)17-9-11-10-19-13-6-4-3-5-12(11)13/h3-6,10H,7-9,16H2,1-2H3,(H,17,18). The van der Waals surface area contributed by atoms with Gasteiger partial charge in [0.1, 0.15) is 5.58 Å². The predicted molar refractivity (Wildman–Crippen MR) is 75.6 cm³/mol. The number of para-hydroxylation sites is 1. The highest BCUT2D eigenvalue weighted by molar-refractivity contribution is 5.82. The van der Waals surface area contributed by atoms with E-state index in [2.05, 4.69) is 5.32 Å². The highest BCUT2D eigenvalue weighted by atomic mass is 16.3. The minimum Gasteiger partial charge on any atom is -0.464 e. The minimum atomic E-state index is -0.306. The third-order valence-electron chi connectivity index (χ3n) is 3.03. The molecule has 0 unspecified atom stereocenters. The predicted octanol–water partition coefficient (Wildman–Crippen LogP) is 2.57. The Bertz CT molecular complexity index is 567. The minimum absolute atomic E-state index is 0.0174. The van der Waals surface area contributed by atoms with Crippen molar-refractivity contribution in [1.29, 1.82) is 0 Å². The highest BCUT2D eigenvalue weighted by Gasteiger charge is 2.13. The Morgan fingerprint density at radius 2 is 2.11 bits per heavy atom. The zero-order chi connectivity index (χ0) is 13.9. The van der Waals surface area contributed by atoms with E-state index in [-0.39, 0.29) is 11.4 Å². The molecule has 4 heteroatoms. The summed E-state index contributed by atoms with van der Waals surface area (Å²) < 4.78 is 5.42. The molecule has 2 aromatic rings. The lowest BCUT2D eigenvalue weighted by atomic mass is 10.00. The van der Waals surface area contributed by atoms with Crippen molar-refractivity contribution in [2.45, 2.75) is 38.8 Å². The fourth-order valence-corrected chi connectivity index (χ4v) is 1.89. The fourth-order valence-electron chi connectivity index (χ4n) is 1.89. The molecule has 0 fully saturated rings. The van der Waals surface area contributed by atoms with Gasteiger partial charge in [-0.25, -0.2) is 0 Å². The van der Waals surface area contributed by atoms with Gasteiger partial charge in [0.15, 0.2) is 0 Å². The van der Waals surface area contributed by atoms with Gasteiger partial charge >= 0.3 is 0 Å². The Hall–Kier alpha value is -1.81. The number of fused-ring (bicyclic) bond motifs is 1. The second-order valence-corrected chi connectivity index (χ2v) is 5.52. The molecule has 0 aliphatic heterocycles. The summed E-state index contributed by atoms with van der Waals surface area (Å²) in [7, 11) is 0. The molecule has 0 aliphatic rings. The molecule has 1 amide bonds. The van der Waals surface area contributed by atoms with Crippen molar-refractivity contribution in [3.8, 4) is 0 Å². The van der Waals surface area contributed by atoms with E-state index in [9.17, 15) is 4.79 Å². The van der Waals surface area contributed by atoms with Gasteiger partial charge in [-0.3, -0.25) is 4.79 Å². The molecule has 0 bridgehead atoms. The van der Waals surface area contributed by atoms with Gasteiger partial charge in [0, 0.05) is 29.5 Å². The van der Waals surface area contributed by atoms with Crippen LogP contribution in [0.15, 0.2) is 34.9 Å². The summed E-state index contributed by atoms with van der Waals surface area (Å²) in [5.74, 6) is 0.0174. The number of benzene rings is 1. The van der Waals surface area contributed by atoms with Gasteiger partial charge in [-0.15, -0.1) is 0 Å². The van der Waals surface area contributed by atoms with Gasteiger partial charge in [0.2, 0.25) is 5.91 Å². The zero-order valence-corrected chi connectivity index (χ0v) is 11.4. The summed E-state index contributed by atoms with van der Waals surface area (Å²) in [6, 6.07) is 7.79. The first-order valence-corrected chi connectivity index (χ1v) is 6.46. The molecule has 1 aromatic heterocycles. The summed E-state index contributed by atoms with van der Waals surface area (Å²) in [5.41, 5.74) is 7.39. The molecule has 0 saturated carbocycles. The number of furan rings is 1. The van der Waals surface area contributed by atoms with Crippen LogP contribution < -0.4 is 11.1 Å². The number of carbonyl (C=O) groups excluding carboxylic acids is 1. The second kappa shape index (κ2) is 5.45. The Morgan fingerprint density at radius 1 is 1.37 bits per heavy atom. The van der Waals surface area contributed by atoms with Crippen LogP contribution in [-0.4, -0.2) is 11.4 Å². The van der Waals surface area contributed by atoms with Crippen molar-refractivity contribution < 1.29 is 9.21 Å². The molecule has 1 aromatic carbocycles. The van der Waals surface area contributed by atoms with Gasteiger partial charge in [-0.05, 0) is 26.3 Å². The van der Waals surface area contributed by atoms with Crippen LogP contribution in [0.4, 0.5) is 0 Å². The molecule has 1 heterocycles. The Morgan fingerprint density at radius 3 is 2.84 bits per heavy atom. The maximum absolute atomic E-state index is 11.7. The summed E-state index contributed by atoms with van der Waals surface area (Å²) >= 11 is 0. The summed E-state index contributed by atoms with van der Waals surface area (Å²) in [4.78, 5) is 11.7. The topological polar surface area (TPSA) is 68.3 Å². The number of amides is 1. The van der Waals surface area contributed by atoms with E-state index < -0.39 is 0 Å². The van der Waals surface area contributed by atoms with E-state index in [1.165, 1.54) is 0 Å². The first-order valence-electron chi connectivity index (χ1n) is 6.46. The van der Waals surface area contributed by atoms with Crippen LogP contribution in [0, 0.1) is 0 Å². The normalized spacial score (nSPS) is 11.7. The molecule has 3 N–H and O–H groups in total. The molecule has 0 saturated heterocycles. The lowest BCUT2D eigenvalue weighted by Crippen LogP contribution is -2.34. The average molecular weight is 260 g/mol. The van der Waals surface area contributed by atoms with Gasteiger partial charge in [0.25, 0.3) is 0 Å². The van der Waals surface area contributed by atoms with Gasteiger partial charge in [-0.1, -0.05) is 18.2 Å². The van der Waals surface area contributed by atoms with E-state index in [4.69, 9.17) is 10.2 Å². The summed E-state index contributed by atoms with van der Waals surface area (Å²) in [5, 5.41) is 3.94. The molecular formula is C15H20N2O2. The van der Waals surface area contributed by atoms with Crippen LogP contribution in [0.2, 0.25) is 0 Å². The summed E-state index contributed by atoms with van der Waals surface area (Å²) in [6.45, 7) is 4.33. The Labute approximate surface area is 113 Å². The maximum Gasteiger partial charge on any atom is 0.220 e. The molecule has 19 heavy (non-hydrogen) atoms. The molecule has 102 valence electrons. The van der Waals surface area contributed by atoms with Crippen LogP contribution in [0.5, 0.6) is 0 Å². The molecule has 0 atom stereocenters. The van der Waals surface area contributed by atoms with Gasteiger partial charge in [0.05, 0.1) is 6.26 Å². The number of nitrogens with one attached hydrogen (secondary N) is 1. The average Bonchev–Trinajstić information content (AvgIpc) is 2.76. The molecule has 2 rings (SSSR count). The summed E-state index contributed by atoms with van der Waals surface area (Å²) in [6.07, 6.45) is 2.81. The third-order valence-corrected chi connectivity index (χ3v) is 3.03. The van der Waals surface area contributed by atoms with Crippen LogP contribution >= 0.6 is 0 Å². The van der Waals surface area contributed by atoms with Crippen molar-refractivity contribution in [3.05, 3.63) is 36.1 Å². The number of carbonyl (C=O) groups is 1. The van der Waals surface area contributed by atoms with Gasteiger partial charge in [-0.2, -0.15) is 0 Å². The van der Waals surface area contributed by atoms with E-state index in [1.807, 2.05) is 38.1 Å². The highest BCUT2D eigenvalue weighted by Crippen LogP contribution is 2.20. The SMILES string of the molecule is CC(C)(N)CCC(=O)NCc1coc2ccccc12. The molecule has 4 nitrogen and oxygen atoms in total. The van der Waals surface area contributed by atoms with Crippen molar-refractivity contribution in [2.75, 3.05) is 0 Å². The number of hydrogen-bond donors (Lipinski definition) is 2. The van der Waals surface area contributed by atoms with Crippen LogP contribution in [0.25, 0.3) is 11.0 Å². The smallest absolute Gasteiger partial charge is 0.220 e. The number of nitrogens with two attached hydrogens (primary N) is 1. The zero-order valence-electron chi connectivity index (χ0n) is 11.4. The second-order valence-electron chi connectivity index (χ2n) is 5.52. The van der Waals surface area contributed by atoms with Crippen LogP contribution in [0.1, 0.15) is 32.3 Å². The molecule has 0 spiro atoms. The van der Waals surface area contributed by atoms with Crippen LogP contribution in [-0.2, 0) is 11.3 Å². The van der Waals surface area contributed by atoms with Crippen molar-refractivity contribution >= 4 is 16.9 Å². The number of rotatable bonds is 5. The number of hydrogen-bond acceptors (Lipinski definition) is 3. The van der Waals surface area contributed by atoms with Crippen molar-refractivity contribution in [2.24, 2.45) is 5.73 Å². The van der Waals surface area contributed by atoms with E-state index in [0.29, 0.717) is 19.4 Å². The van der Waals surface area contributed by atoms with E-state index in [1.54, 1.807) is 6.26 Å². The lowest BCUT2D eigenvalue weighted by molar-refractivity contribution is -0.121. The van der Waals surface area contributed by atoms with E-state index in [0.717, 1.165) is 16.5 Å². The fraction of sp³-hybridized carbons (Fsp3) is 0.400. The first kappa shape index (κ1) is 13.6. The Kier molecular flexibility index (Phi) is 3.90. The van der Waals surface area contributed by atoms with Crippen molar-refractivity contribution in [1.82, 2.24) is 5.32 Å². The van der Waals surface area contributed by atoms with Crippen LogP contribution in [0.3, 0.4) is 0 Å². The Balaban J connectivity index is 1.90. The third kappa shape index (κ3) is 3.83. The van der Waals surface area contributed by atoms with Crippen molar-refractivity contribution in [3.63, 3.8) is 0 Å². The molecule has 0 aliphatic carbocycles. The maximum atomic E-state index is 11.7. The quantitative estimate of drug-likeness (QED) is 0.868. The molecule has 0 radical (unpaired) electrons. The largest absolute Gasteiger partial charge is 0.464 e. The molecular weight excluding hydrogens is 240 g/mol. The lowest BCUT2D eigenvalue weighted by Gasteiger charge is -2.17. The monoisotopic (exact) mass is 260 g/mol. The first-order chi connectivity index (χ1) is 8.96. The van der Waals surface area contributed by atoms with E-state index >= 15 is 0 Å².